The molecule has 0 atom stereocenters. The molecule has 0 bridgehead atoms. The second kappa shape index (κ2) is 51.2. The number of hydrogen-bond donors (Lipinski definition) is 0. The highest BCUT2D eigenvalue weighted by molar-refractivity contribution is 5.81. The summed E-state index contributed by atoms with van der Waals surface area (Å²) in [5, 5.41) is 3.65. The van der Waals surface area contributed by atoms with Gasteiger partial charge in [0, 0.05) is 66.9 Å². The van der Waals surface area contributed by atoms with Crippen molar-refractivity contribution in [3.63, 3.8) is 0 Å². The summed E-state index contributed by atoms with van der Waals surface area (Å²) in [7, 11) is 0. The van der Waals surface area contributed by atoms with Gasteiger partial charge < -0.3 is 0 Å². The molecule has 0 spiro atoms. The Bertz CT molecular complexity index is 1600. The minimum Gasteiger partial charge on any atom is -0.264 e. The molecule has 65 heavy (non-hydrogen) atoms. The number of pyridine rings is 3. The normalized spacial score (nSPS) is 8.85. The van der Waals surface area contributed by atoms with Crippen LogP contribution in [0.3, 0.4) is 0 Å². The first-order valence-electron chi connectivity index (χ1n) is 24.3. The highest BCUT2D eigenvalue weighted by Crippen LogP contribution is 2.11. The molecule has 362 valence electrons. The summed E-state index contributed by atoms with van der Waals surface area (Å²) in [6.45, 7) is 45.7. The molecule has 5 heterocycles. The van der Waals surface area contributed by atoms with E-state index in [1.54, 1.807) is 24.9 Å². The van der Waals surface area contributed by atoms with Crippen LogP contribution in [0.5, 0.6) is 0 Å². The summed E-state index contributed by atoms with van der Waals surface area (Å²) < 4.78 is 0. The van der Waals surface area contributed by atoms with Crippen LogP contribution in [0, 0.1) is 11.8 Å². The number of rotatable bonds is 3. The van der Waals surface area contributed by atoms with Gasteiger partial charge in [-0.25, -0.2) is 9.97 Å². The van der Waals surface area contributed by atoms with Crippen LogP contribution in [0.25, 0.3) is 21.7 Å². The second-order valence-electron chi connectivity index (χ2n) is 14.9. The van der Waals surface area contributed by atoms with Crippen molar-refractivity contribution in [3.8, 4) is 0 Å². The molecule has 0 saturated heterocycles. The molecule has 0 aliphatic heterocycles. The van der Waals surface area contributed by atoms with Crippen molar-refractivity contribution < 1.29 is 0 Å². The Kier molecular flexibility index (Phi) is 54.1. The van der Waals surface area contributed by atoms with Crippen LogP contribution in [-0.2, 0) is 0 Å². The third-order valence-corrected chi connectivity index (χ3v) is 6.76. The van der Waals surface area contributed by atoms with Crippen LogP contribution in [-0.4, -0.2) is 34.9 Å². The van der Waals surface area contributed by atoms with E-state index in [0.29, 0.717) is 17.8 Å². The first-order chi connectivity index (χ1) is 31.3. The van der Waals surface area contributed by atoms with E-state index >= 15 is 0 Å². The van der Waals surface area contributed by atoms with Crippen LogP contribution in [0.4, 0.5) is 0 Å². The molecule has 0 aliphatic rings. The quantitative estimate of drug-likeness (QED) is 0.174. The highest BCUT2D eigenvalue weighted by atomic mass is 14.8. The second-order valence-corrected chi connectivity index (χ2v) is 14.9. The zero-order chi connectivity index (χ0) is 50.8. The topological polar surface area (TPSA) is 90.2 Å². The Morgan fingerprint density at radius 2 is 0.738 bits per heavy atom. The molecule has 0 fully saturated rings. The number of nitrogens with zero attached hydrogens (tertiary/aromatic N) is 7. The maximum atomic E-state index is 4.18. The lowest BCUT2D eigenvalue weighted by atomic mass is 10.1. The molecule has 7 aromatic rings. The van der Waals surface area contributed by atoms with E-state index in [1.807, 2.05) is 167 Å². The lowest BCUT2D eigenvalue weighted by Gasteiger charge is -2.00. The van der Waals surface area contributed by atoms with Gasteiger partial charge >= 0.3 is 0 Å². The van der Waals surface area contributed by atoms with Gasteiger partial charge in [0.05, 0.1) is 11.2 Å². The minimum atomic E-state index is 0.485. The number of benzene rings is 2. The van der Waals surface area contributed by atoms with Crippen molar-refractivity contribution in [1.82, 2.24) is 34.9 Å². The monoisotopic (exact) mass is 890 g/mol. The number of aromatic nitrogens is 7. The van der Waals surface area contributed by atoms with Crippen molar-refractivity contribution in [2.45, 2.75) is 170 Å². The van der Waals surface area contributed by atoms with Gasteiger partial charge in [-0.1, -0.05) is 207 Å². The van der Waals surface area contributed by atoms with Crippen LogP contribution < -0.4 is 0 Å². The first kappa shape index (κ1) is 68.6. The summed E-state index contributed by atoms with van der Waals surface area (Å²) in [6.07, 6.45) is 17.8. The summed E-state index contributed by atoms with van der Waals surface area (Å²) in [5.41, 5.74) is 4.47. The number of hydrogen-bond acceptors (Lipinski definition) is 7. The molecular formula is C58H95N7. The summed E-state index contributed by atoms with van der Waals surface area (Å²) in [6, 6.07) is 28.3. The summed E-state index contributed by atoms with van der Waals surface area (Å²) >= 11 is 0. The van der Waals surface area contributed by atoms with Crippen molar-refractivity contribution in [2.75, 3.05) is 0 Å². The van der Waals surface area contributed by atoms with Gasteiger partial charge in [0.2, 0.25) is 0 Å². The van der Waals surface area contributed by atoms with Crippen molar-refractivity contribution in [2.24, 2.45) is 11.8 Å². The first-order valence-corrected chi connectivity index (χ1v) is 24.3. The fraction of sp³-hybridized carbons (Fsp3) is 0.466. The van der Waals surface area contributed by atoms with Crippen LogP contribution in [0.15, 0.2) is 147 Å². The van der Waals surface area contributed by atoms with Crippen molar-refractivity contribution in [3.05, 3.63) is 164 Å². The van der Waals surface area contributed by atoms with E-state index in [1.165, 1.54) is 21.7 Å². The van der Waals surface area contributed by atoms with Gasteiger partial charge in [0.15, 0.2) is 0 Å². The van der Waals surface area contributed by atoms with Gasteiger partial charge in [-0.15, -0.1) is 0 Å². The average molecular weight is 890 g/mol. The van der Waals surface area contributed by atoms with Crippen LogP contribution in [0.1, 0.15) is 187 Å². The van der Waals surface area contributed by atoms with Gasteiger partial charge in [0.1, 0.15) is 6.33 Å². The van der Waals surface area contributed by atoms with Crippen LogP contribution in [0.2, 0.25) is 0 Å². The Labute approximate surface area is 400 Å². The van der Waals surface area contributed by atoms with Gasteiger partial charge in [-0.2, -0.15) is 0 Å². The molecule has 7 heteroatoms. The lowest BCUT2D eigenvalue weighted by Crippen LogP contribution is -1.91. The zero-order valence-corrected chi connectivity index (χ0v) is 45.4. The maximum absolute atomic E-state index is 4.18. The third kappa shape index (κ3) is 42.3. The fourth-order valence-electron chi connectivity index (χ4n) is 3.98. The predicted octanol–water partition coefficient (Wildman–Crippen LogP) is 18.3. The Morgan fingerprint density at radius 3 is 1.12 bits per heavy atom. The molecule has 0 amide bonds. The van der Waals surface area contributed by atoms with Crippen LogP contribution >= 0.6 is 0 Å². The average Bonchev–Trinajstić information content (AvgIpc) is 3.36. The molecular weight excluding hydrogens is 795 g/mol. The Morgan fingerprint density at radius 1 is 0.308 bits per heavy atom. The van der Waals surface area contributed by atoms with E-state index in [9.17, 15) is 0 Å². The SMILES string of the molecule is CC.CC.CC.CC.CC.CC(C)C.CC(C)C.CC(C)c1ccccn1.CC(C)c1cnccn1.CC(C)c1cncnc1.c1ccc2cnccc2c1.c1ccc2ncccc2c1. The Hall–Kier alpha value is -5.43. The van der Waals surface area contributed by atoms with Crippen molar-refractivity contribution >= 4 is 21.7 Å². The predicted molar refractivity (Wildman–Crippen MR) is 292 cm³/mol. The molecule has 0 unspecified atom stereocenters. The standard InChI is InChI=1S/2C9H7N.C8H11N.2C7H10N2.2C4H10.5C2H6/c1-2-6-9-8(4-1)5-3-7-10-9;1-2-4-9-7-10-6-5-8(9)3-1;1-7(2)8-5-3-4-6-9-8;1-6(2)7-3-8-5-9-4-7;1-6(2)7-5-8-3-4-9-7;2*1-4(2)3;5*1-2/h2*1-7H;3-7H,1-2H3;2*3-6H,1-2H3;2*4H,1-3H3;5*1-2H3. The fourth-order valence-corrected chi connectivity index (χ4v) is 3.98. The number of para-hydroxylation sites is 1. The van der Waals surface area contributed by atoms with Gasteiger partial charge in [-0.3, -0.25) is 24.9 Å². The smallest absolute Gasteiger partial charge is 0.115 e. The van der Waals surface area contributed by atoms with E-state index < -0.39 is 0 Å². The maximum Gasteiger partial charge on any atom is 0.115 e. The molecule has 0 radical (unpaired) electrons. The van der Waals surface area contributed by atoms with E-state index in [2.05, 4.69) is 142 Å². The molecule has 0 aliphatic carbocycles. The number of fused-ring (bicyclic) bond motifs is 2. The van der Waals surface area contributed by atoms with E-state index in [-0.39, 0.29) is 0 Å². The highest BCUT2D eigenvalue weighted by Gasteiger charge is 1.97. The minimum absolute atomic E-state index is 0.485. The van der Waals surface area contributed by atoms with E-state index in [0.717, 1.165) is 28.7 Å². The Balaban J connectivity index is -0.000000212. The third-order valence-electron chi connectivity index (χ3n) is 6.76. The molecule has 7 rings (SSSR count). The largest absolute Gasteiger partial charge is 0.264 e. The summed E-state index contributed by atoms with van der Waals surface area (Å²) in [4.78, 5) is 28.2. The van der Waals surface area contributed by atoms with Gasteiger partial charge in [0.25, 0.3) is 0 Å². The van der Waals surface area contributed by atoms with E-state index in [4.69, 9.17) is 0 Å². The molecule has 7 nitrogen and oxygen atoms in total. The van der Waals surface area contributed by atoms with Crippen molar-refractivity contribution in [1.29, 1.82) is 0 Å². The molecule has 0 saturated carbocycles. The zero-order valence-electron chi connectivity index (χ0n) is 45.4. The summed E-state index contributed by atoms with van der Waals surface area (Å²) in [5.74, 6) is 3.23. The molecule has 5 aromatic heterocycles. The van der Waals surface area contributed by atoms with Gasteiger partial charge in [-0.05, 0) is 76.3 Å². The lowest BCUT2D eigenvalue weighted by molar-refractivity contribution is 0.736. The molecule has 0 N–H and O–H groups in total. The molecule has 2 aromatic carbocycles.